The summed E-state index contributed by atoms with van der Waals surface area (Å²) >= 11 is 1.29. The highest BCUT2D eigenvalue weighted by Gasteiger charge is 2.32. The highest BCUT2D eigenvalue weighted by molar-refractivity contribution is 7.07. The normalized spacial score (nSPS) is 16.8. The van der Waals surface area contributed by atoms with E-state index in [-0.39, 0.29) is 23.1 Å². The van der Waals surface area contributed by atoms with E-state index in [1.54, 1.807) is 34.9 Å². The van der Waals surface area contributed by atoms with Gasteiger partial charge in [-0.15, -0.1) is 0 Å². The van der Waals surface area contributed by atoms with E-state index in [0.717, 1.165) is 35.2 Å². The van der Waals surface area contributed by atoms with Crippen LogP contribution in [0.2, 0.25) is 0 Å². The van der Waals surface area contributed by atoms with Crippen molar-refractivity contribution in [3.63, 3.8) is 0 Å². The van der Waals surface area contributed by atoms with Crippen molar-refractivity contribution >= 4 is 28.8 Å². The lowest BCUT2D eigenvalue weighted by Crippen LogP contribution is -2.38. The summed E-state index contributed by atoms with van der Waals surface area (Å²) in [4.78, 5) is 29.7. The molecule has 0 radical (unpaired) electrons. The van der Waals surface area contributed by atoms with Crippen LogP contribution < -0.4 is 14.9 Å². The molecule has 0 spiro atoms. The summed E-state index contributed by atoms with van der Waals surface area (Å²) < 4.78 is 15.9. The first-order valence-corrected chi connectivity index (χ1v) is 11.9. The third kappa shape index (κ3) is 3.63. The fraction of sp³-hybridized carbons (Fsp3) is 0.111. The number of fused-ring (bicyclic) bond motifs is 3. The molecule has 0 unspecified atom stereocenters. The van der Waals surface area contributed by atoms with Gasteiger partial charge in [0.25, 0.3) is 11.2 Å². The fourth-order valence-corrected chi connectivity index (χ4v) is 5.81. The molecule has 0 amide bonds. The number of thiazole rings is 1. The summed E-state index contributed by atoms with van der Waals surface area (Å²) in [5.74, 6) is -0.331. The zero-order chi connectivity index (χ0) is 24.1. The number of nitrogens with zero attached hydrogens (tertiary/aromatic N) is 3. The Morgan fingerprint density at radius 3 is 2.51 bits per heavy atom. The molecule has 35 heavy (non-hydrogen) atoms. The topological polar surface area (TPSA) is 77.5 Å². The van der Waals surface area contributed by atoms with Crippen molar-refractivity contribution in [1.29, 1.82) is 0 Å². The molecule has 1 atom stereocenters. The van der Waals surface area contributed by atoms with Crippen LogP contribution >= 0.6 is 11.3 Å². The Hall–Kier alpha value is -4.17. The van der Waals surface area contributed by atoms with Gasteiger partial charge in [-0.25, -0.2) is 9.38 Å². The first kappa shape index (κ1) is 21.4. The standard InChI is InChI=1S/C27H18FN3O3S/c28-19-10-7-18(8-11-19)25-22-14-9-17-3-1-2-4-21(17)24(22)29-27-30(25)26(32)23(35-27)15-16-5-12-20(13-6-16)31(33)34/h1-8,10-13,15,25H,9,14H2/b23-15+/t25-/m0/s1. The predicted octanol–water partition coefficient (Wildman–Crippen LogP) is 4.37. The number of nitro groups is 1. The van der Waals surface area contributed by atoms with Gasteiger partial charge < -0.3 is 0 Å². The Morgan fingerprint density at radius 1 is 1.03 bits per heavy atom. The van der Waals surface area contributed by atoms with Crippen LogP contribution in [0.5, 0.6) is 0 Å². The molecular weight excluding hydrogens is 465 g/mol. The first-order chi connectivity index (χ1) is 17.0. The van der Waals surface area contributed by atoms with Crippen LogP contribution in [0.4, 0.5) is 10.1 Å². The number of nitro benzene ring substituents is 1. The molecule has 6 nitrogen and oxygen atoms in total. The molecule has 3 aromatic carbocycles. The monoisotopic (exact) mass is 483 g/mol. The zero-order valence-electron chi connectivity index (χ0n) is 18.3. The average Bonchev–Trinajstić information content (AvgIpc) is 3.18. The molecule has 0 saturated carbocycles. The van der Waals surface area contributed by atoms with Crippen molar-refractivity contribution in [2.75, 3.05) is 0 Å². The summed E-state index contributed by atoms with van der Waals surface area (Å²) in [6.07, 6.45) is 3.32. The third-order valence-electron chi connectivity index (χ3n) is 6.46. The van der Waals surface area contributed by atoms with E-state index in [4.69, 9.17) is 4.99 Å². The van der Waals surface area contributed by atoms with Gasteiger partial charge in [-0.1, -0.05) is 47.7 Å². The number of rotatable bonds is 3. The van der Waals surface area contributed by atoms with Gasteiger partial charge in [0.05, 0.1) is 21.2 Å². The van der Waals surface area contributed by atoms with Crippen LogP contribution in [0.25, 0.3) is 11.8 Å². The van der Waals surface area contributed by atoms with E-state index in [1.807, 2.05) is 12.1 Å². The molecule has 0 fully saturated rings. The van der Waals surface area contributed by atoms with Crippen molar-refractivity contribution in [3.05, 3.63) is 136 Å². The van der Waals surface area contributed by atoms with Crippen molar-refractivity contribution < 1.29 is 9.31 Å². The second-order valence-electron chi connectivity index (χ2n) is 8.51. The molecule has 1 aromatic heterocycles. The van der Waals surface area contributed by atoms with Gasteiger partial charge in [-0.3, -0.25) is 19.5 Å². The van der Waals surface area contributed by atoms with Crippen LogP contribution in [0, 0.1) is 15.9 Å². The second kappa shape index (κ2) is 8.25. The lowest BCUT2D eigenvalue weighted by molar-refractivity contribution is -0.384. The van der Waals surface area contributed by atoms with Crippen molar-refractivity contribution in [2.24, 2.45) is 4.99 Å². The Labute approximate surface area is 202 Å². The van der Waals surface area contributed by atoms with E-state index in [2.05, 4.69) is 12.1 Å². The molecule has 6 rings (SSSR count). The summed E-state index contributed by atoms with van der Waals surface area (Å²) in [5.41, 5.74) is 5.53. The fourth-order valence-electron chi connectivity index (χ4n) is 4.81. The molecule has 0 bridgehead atoms. The van der Waals surface area contributed by atoms with E-state index in [1.165, 1.54) is 41.2 Å². The summed E-state index contributed by atoms with van der Waals surface area (Å²) in [5, 5.41) is 11.0. The van der Waals surface area contributed by atoms with E-state index in [9.17, 15) is 19.3 Å². The van der Waals surface area contributed by atoms with Gasteiger partial charge in [0.15, 0.2) is 4.80 Å². The van der Waals surface area contributed by atoms with Crippen molar-refractivity contribution in [3.8, 4) is 0 Å². The van der Waals surface area contributed by atoms with E-state index >= 15 is 0 Å². The SMILES string of the molecule is O=c1/c(=C\c2ccc([N+](=O)[O-])cc2)sc2n1[C@@H](c1ccc(F)cc1)C1=C(N=2)c2ccccc2CC1. The molecular formula is C27H18FN3O3S. The quantitative estimate of drug-likeness (QED) is 0.321. The Morgan fingerprint density at radius 2 is 1.77 bits per heavy atom. The minimum atomic E-state index is -0.456. The number of aromatic nitrogens is 1. The number of hydrogen-bond donors (Lipinski definition) is 0. The number of non-ortho nitro benzene ring substituents is 1. The molecule has 0 saturated heterocycles. The van der Waals surface area contributed by atoms with Gasteiger partial charge in [0.1, 0.15) is 5.82 Å². The van der Waals surface area contributed by atoms with Crippen molar-refractivity contribution in [2.45, 2.75) is 18.9 Å². The molecule has 4 aromatic rings. The Kier molecular flexibility index (Phi) is 5.04. The van der Waals surface area contributed by atoms with Crippen molar-refractivity contribution in [1.82, 2.24) is 4.57 Å². The molecule has 2 heterocycles. The Bertz CT molecular complexity index is 1700. The average molecular weight is 484 g/mol. The second-order valence-corrected chi connectivity index (χ2v) is 9.52. The number of allylic oxidation sites excluding steroid dienone is 1. The van der Waals surface area contributed by atoms with Crippen LogP contribution in [-0.4, -0.2) is 9.49 Å². The molecule has 1 aliphatic carbocycles. The minimum Gasteiger partial charge on any atom is -0.272 e. The minimum absolute atomic E-state index is 0.00809. The smallest absolute Gasteiger partial charge is 0.271 e. The number of aryl methyl sites for hydroxylation is 1. The van der Waals surface area contributed by atoms with E-state index in [0.29, 0.717) is 14.9 Å². The van der Waals surface area contributed by atoms with Gasteiger partial charge in [0.2, 0.25) is 0 Å². The molecule has 8 heteroatoms. The van der Waals surface area contributed by atoms with Crippen LogP contribution in [0.1, 0.15) is 34.7 Å². The highest BCUT2D eigenvalue weighted by atomic mass is 32.1. The van der Waals surface area contributed by atoms with Crippen LogP contribution in [0.3, 0.4) is 0 Å². The highest BCUT2D eigenvalue weighted by Crippen LogP contribution is 2.41. The lowest BCUT2D eigenvalue weighted by atomic mass is 9.83. The maximum atomic E-state index is 13.7. The lowest BCUT2D eigenvalue weighted by Gasteiger charge is -2.30. The van der Waals surface area contributed by atoms with Crippen LogP contribution in [0.15, 0.2) is 88.2 Å². The molecule has 172 valence electrons. The largest absolute Gasteiger partial charge is 0.272 e. The Balaban J connectivity index is 1.57. The van der Waals surface area contributed by atoms with Gasteiger partial charge in [0, 0.05) is 17.7 Å². The molecule has 1 aliphatic heterocycles. The number of halogens is 1. The molecule has 2 aliphatic rings. The maximum absolute atomic E-state index is 13.7. The number of benzene rings is 3. The summed E-state index contributed by atoms with van der Waals surface area (Å²) in [7, 11) is 0. The summed E-state index contributed by atoms with van der Waals surface area (Å²) in [6, 6.07) is 20.1. The maximum Gasteiger partial charge on any atom is 0.271 e. The number of hydrogen-bond acceptors (Lipinski definition) is 5. The molecule has 0 N–H and O–H groups in total. The van der Waals surface area contributed by atoms with Crippen LogP contribution in [-0.2, 0) is 6.42 Å². The third-order valence-corrected chi connectivity index (χ3v) is 7.44. The van der Waals surface area contributed by atoms with Gasteiger partial charge >= 0.3 is 0 Å². The van der Waals surface area contributed by atoms with Gasteiger partial charge in [-0.05, 0) is 65.4 Å². The zero-order valence-corrected chi connectivity index (χ0v) is 19.2. The first-order valence-electron chi connectivity index (χ1n) is 11.1. The predicted molar refractivity (Wildman–Crippen MR) is 132 cm³/mol. The van der Waals surface area contributed by atoms with E-state index < -0.39 is 4.92 Å². The summed E-state index contributed by atoms with van der Waals surface area (Å²) in [6.45, 7) is 0. The van der Waals surface area contributed by atoms with Gasteiger partial charge in [-0.2, -0.15) is 0 Å².